The van der Waals surface area contributed by atoms with Crippen LogP contribution >= 0.6 is 0 Å². The van der Waals surface area contributed by atoms with Crippen LogP contribution < -0.4 is 5.48 Å². The van der Waals surface area contributed by atoms with Crippen molar-refractivity contribution in [3.05, 3.63) is 118 Å². The number of allylic oxidation sites excluding steroid dienone is 6. The Morgan fingerprint density at radius 1 is 0.815 bits per heavy atom. The maximum atomic E-state index is 11.4. The minimum atomic E-state index is -0.553. The molecule has 0 saturated heterocycles. The second-order valence-electron chi connectivity index (χ2n) is 5.72. The van der Waals surface area contributed by atoms with Gasteiger partial charge in [-0.1, -0.05) is 72.8 Å². The summed E-state index contributed by atoms with van der Waals surface area (Å²) in [5, 5.41) is 43.6. The normalized spacial score (nSPS) is 16.0. The number of aliphatic hydroxyl groups excluding tert-OH is 1. The highest BCUT2D eigenvalue weighted by Gasteiger charge is 2.23. The minimum absolute atomic E-state index is 0.0602. The molecule has 0 spiro atoms. The zero-order chi connectivity index (χ0) is 19.2. The topological polar surface area (TPSA) is 102 Å². The first-order valence-electron chi connectivity index (χ1n) is 8.18. The van der Waals surface area contributed by atoms with Gasteiger partial charge in [-0.3, -0.25) is 10.7 Å². The third-order valence-corrected chi connectivity index (χ3v) is 4.08. The number of nitrogens with zero attached hydrogens (tertiary/aromatic N) is 1. The number of hydroxylamine groups is 1. The van der Waals surface area contributed by atoms with E-state index in [1.807, 2.05) is 12.1 Å². The van der Waals surface area contributed by atoms with E-state index in [2.05, 4.69) is 5.48 Å². The molecule has 0 unspecified atom stereocenters. The Morgan fingerprint density at radius 3 is 1.93 bits per heavy atom. The van der Waals surface area contributed by atoms with E-state index in [9.17, 15) is 20.7 Å². The fraction of sp³-hybridized carbons (Fsp3) is 0. The van der Waals surface area contributed by atoms with E-state index in [0.717, 1.165) is 0 Å². The Kier molecular flexibility index (Phi) is 5.39. The summed E-state index contributed by atoms with van der Waals surface area (Å²) >= 11 is 0. The predicted octanol–water partition coefficient (Wildman–Crippen LogP) is 3.92. The standard InChI is InChI=1S/C21H17N2O4/c24-21(17-13-7-8-14-18(17)23(26)27)19(15-9-3-1-4-10-15)20(22-25)16-11-5-2-6-12-16/h1-14,22,25H,(H-,24,26,27)/q-1. The Labute approximate surface area is 156 Å². The average molecular weight is 361 g/mol. The number of hydrogen-bond donors (Lipinski definition) is 3. The van der Waals surface area contributed by atoms with Gasteiger partial charge in [0, 0.05) is 11.6 Å². The first-order chi connectivity index (χ1) is 13.1. The zero-order valence-corrected chi connectivity index (χ0v) is 14.2. The molecule has 0 amide bonds. The third-order valence-electron chi connectivity index (χ3n) is 4.08. The van der Waals surface area contributed by atoms with E-state index in [1.54, 1.807) is 54.6 Å². The number of nitrogens with one attached hydrogen (secondary N) is 1. The molecule has 1 aliphatic rings. The molecule has 0 aromatic heterocycles. The maximum Gasteiger partial charge on any atom is 0.233 e. The summed E-state index contributed by atoms with van der Waals surface area (Å²) in [6.45, 7) is 0. The van der Waals surface area contributed by atoms with E-state index in [-0.39, 0.29) is 28.3 Å². The van der Waals surface area contributed by atoms with Gasteiger partial charge in [0.25, 0.3) is 0 Å². The second kappa shape index (κ2) is 8.07. The summed E-state index contributed by atoms with van der Waals surface area (Å²) in [4.78, 5) is -0.553. The van der Waals surface area contributed by atoms with Crippen LogP contribution in [0.1, 0.15) is 11.1 Å². The lowest BCUT2D eigenvalue weighted by atomic mass is 9.93. The molecule has 0 atom stereocenters. The van der Waals surface area contributed by atoms with Gasteiger partial charge < -0.3 is 15.5 Å². The smallest absolute Gasteiger partial charge is 0.233 e. The Hall–Kier alpha value is -3.77. The molecule has 0 fully saturated rings. The van der Waals surface area contributed by atoms with E-state index < -0.39 is 4.90 Å². The summed E-state index contributed by atoms with van der Waals surface area (Å²) in [7, 11) is 0. The summed E-state index contributed by atoms with van der Waals surface area (Å²) in [6.07, 6.45) is 5.93. The molecular weight excluding hydrogens is 344 g/mol. The molecule has 0 aliphatic heterocycles. The van der Waals surface area contributed by atoms with E-state index in [4.69, 9.17) is 0 Å². The van der Waals surface area contributed by atoms with Gasteiger partial charge in [0.1, 0.15) is 5.76 Å². The Morgan fingerprint density at radius 2 is 1.37 bits per heavy atom. The van der Waals surface area contributed by atoms with Gasteiger partial charge in [-0.25, -0.2) is 0 Å². The van der Waals surface area contributed by atoms with Crippen molar-refractivity contribution in [3.63, 3.8) is 0 Å². The van der Waals surface area contributed by atoms with Crippen molar-refractivity contribution in [1.82, 2.24) is 5.48 Å². The Balaban J connectivity index is 2.34. The number of aliphatic hydroxyl groups is 1. The summed E-state index contributed by atoms with van der Waals surface area (Å²) < 4.78 is 0. The molecule has 6 heteroatoms. The fourth-order valence-corrected chi connectivity index (χ4v) is 2.84. The Bertz CT molecular complexity index is 968. The van der Waals surface area contributed by atoms with Crippen LogP contribution in [0, 0.1) is 10.4 Å². The van der Waals surface area contributed by atoms with Crippen LogP contribution in [0.5, 0.6) is 0 Å². The minimum Gasteiger partial charge on any atom is -0.612 e. The highest BCUT2D eigenvalue weighted by molar-refractivity contribution is 6.12. The van der Waals surface area contributed by atoms with Crippen LogP contribution in [-0.4, -0.2) is 20.9 Å². The summed E-state index contributed by atoms with van der Waals surface area (Å²) in [5.41, 5.74) is 3.67. The van der Waals surface area contributed by atoms with Crippen molar-refractivity contribution < 1.29 is 15.2 Å². The fourth-order valence-electron chi connectivity index (χ4n) is 2.84. The molecule has 27 heavy (non-hydrogen) atoms. The number of rotatable bonds is 4. The highest BCUT2D eigenvalue weighted by atomic mass is 16.8. The third kappa shape index (κ3) is 3.75. The first kappa shape index (κ1) is 18.0. The quantitative estimate of drug-likeness (QED) is 0.332. The molecule has 6 nitrogen and oxygen atoms in total. The van der Waals surface area contributed by atoms with Crippen LogP contribution in [0.15, 0.2) is 96.3 Å². The average Bonchev–Trinajstić information content (AvgIpc) is 2.72. The van der Waals surface area contributed by atoms with Gasteiger partial charge in [0.15, 0.2) is 0 Å². The molecule has 0 radical (unpaired) electrons. The monoisotopic (exact) mass is 361 g/mol. The number of benzene rings is 2. The van der Waals surface area contributed by atoms with Crippen LogP contribution in [-0.2, 0) is 0 Å². The zero-order valence-electron chi connectivity index (χ0n) is 14.2. The van der Waals surface area contributed by atoms with Crippen molar-refractivity contribution in [1.29, 1.82) is 0 Å². The molecule has 0 heterocycles. The van der Waals surface area contributed by atoms with E-state index >= 15 is 0 Å². The molecule has 3 N–H and O–H groups in total. The summed E-state index contributed by atoms with van der Waals surface area (Å²) in [6, 6.07) is 17.8. The van der Waals surface area contributed by atoms with Crippen molar-refractivity contribution in [2.45, 2.75) is 0 Å². The van der Waals surface area contributed by atoms with E-state index in [1.165, 1.54) is 18.2 Å². The van der Waals surface area contributed by atoms with Crippen LogP contribution in [0.3, 0.4) is 0 Å². The van der Waals surface area contributed by atoms with Gasteiger partial charge in [-0.2, -0.15) is 4.90 Å². The van der Waals surface area contributed by atoms with Crippen LogP contribution in [0.4, 0.5) is 0 Å². The second-order valence-corrected chi connectivity index (χ2v) is 5.72. The molecule has 0 saturated carbocycles. The number of hydrogen-bond acceptors (Lipinski definition) is 5. The van der Waals surface area contributed by atoms with Gasteiger partial charge >= 0.3 is 0 Å². The van der Waals surface area contributed by atoms with Crippen molar-refractivity contribution >= 4 is 17.0 Å². The maximum absolute atomic E-state index is 11.4. The molecule has 0 bridgehead atoms. The van der Waals surface area contributed by atoms with E-state index in [0.29, 0.717) is 11.1 Å². The SMILES string of the molecule is [O-][N+]([O-])=C1C=CC=CC1=C(O)C(=C(NO)c1ccccc1)c1ccccc1. The molecule has 1 aliphatic carbocycles. The molecule has 3 rings (SSSR count). The van der Waals surface area contributed by atoms with Gasteiger partial charge in [-0.15, -0.1) is 0 Å². The predicted molar refractivity (Wildman–Crippen MR) is 105 cm³/mol. The lowest BCUT2D eigenvalue weighted by molar-refractivity contribution is -0.377. The van der Waals surface area contributed by atoms with Crippen LogP contribution in [0.2, 0.25) is 0 Å². The molecule has 2 aromatic rings. The van der Waals surface area contributed by atoms with Gasteiger partial charge in [-0.05, 0) is 11.6 Å². The molecule has 2 aromatic carbocycles. The summed E-state index contributed by atoms with van der Waals surface area (Å²) in [5.74, 6) is -0.311. The molecule has 136 valence electrons. The van der Waals surface area contributed by atoms with Crippen molar-refractivity contribution in [2.24, 2.45) is 0 Å². The first-order valence-corrected chi connectivity index (χ1v) is 8.18. The largest absolute Gasteiger partial charge is 0.612 e. The van der Waals surface area contributed by atoms with Gasteiger partial charge in [0.05, 0.1) is 16.8 Å². The lowest BCUT2D eigenvalue weighted by Crippen LogP contribution is -2.16. The van der Waals surface area contributed by atoms with Crippen molar-refractivity contribution in [2.75, 3.05) is 0 Å². The highest BCUT2D eigenvalue weighted by Crippen LogP contribution is 2.32. The van der Waals surface area contributed by atoms with Crippen LogP contribution in [0.25, 0.3) is 11.3 Å². The van der Waals surface area contributed by atoms with Crippen molar-refractivity contribution in [3.8, 4) is 0 Å². The lowest BCUT2D eigenvalue weighted by Gasteiger charge is -2.18. The molecular formula is C21H17N2O4-. The van der Waals surface area contributed by atoms with Gasteiger partial charge in [0.2, 0.25) is 5.71 Å².